The third-order valence-electron chi connectivity index (χ3n) is 3.72. The molecule has 2 heterocycles. The number of hydrogen-bond acceptors (Lipinski definition) is 4. The molecule has 4 nitrogen and oxygen atoms in total. The second-order valence-electron chi connectivity index (χ2n) is 5.03. The molecule has 2 unspecified atom stereocenters. The molecular weight excluding hydrogens is 250 g/mol. The number of carboxylic acid groups (broad SMARTS) is 1. The first-order valence-corrected chi connectivity index (χ1v) is 7.28. The third-order valence-corrected chi connectivity index (χ3v) is 4.66. The number of aromatic carboxylic acids is 1. The lowest BCUT2D eigenvalue weighted by atomic mass is 10.1. The van der Waals surface area contributed by atoms with Crippen molar-refractivity contribution in [1.82, 2.24) is 5.32 Å². The Morgan fingerprint density at radius 3 is 3.06 bits per heavy atom. The minimum absolute atomic E-state index is 0.344. The quantitative estimate of drug-likeness (QED) is 0.858. The van der Waals surface area contributed by atoms with Gasteiger partial charge in [0.15, 0.2) is 0 Å². The van der Waals surface area contributed by atoms with Gasteiger partial charge in [-0.3, -0.25) is 0 Å². The Hall–Kier alpha value is -0.910. The van der Waals surface area contributed by atoms with Gasteiger partial charge in [0, 0.05) is 19.2 Å². The summed E-state index contributed by atoms with van der Waals surface area (Å²) in [5, 5.41) is 14.4. The van der Waals surface area contributed by atoms with Crippen LogP contribution >= 0.6 is 11.3 Å². The summed E-state index contributed by atoms with van der Waals surface area (Å²) in [4.78, 5) is 11.5. The van der Waals surface area contributed by atoms with Crippen LogP contribution in [-0.4, -0.2) is 29.8 Å². The van der Waals surface area contributed by atoms with E-state index in [0.717, 1.165) is 24.5 Å². The lowest BCUT2D eigenvalue weighted by Gasteiger charge is -2.19. The third kappa shape index (κ3) is 2.43. The topological polar surface area (TPSA) is 58.6 Å². The Labute approximate surface area is 110 Å². The number of hydrogen-bond donors (Lipinski definition) is 2. The SMILES string of the molecule is O=C(O)c1sccc1CNC1CCOC1C1CC1. The molecule has 0 bridgehead atoms. The molecule has 1 saturated carbocycles. The summed E-state index contributed by atoms with van der Waals surface area (Å²) in [6, 6.07) is 2.28. The molecule has 1 aliphatic carbocycles. The van der Waals surface area contributed by atoms with Crippen molar-refractivity contribution >= 4 is 17.3 Å². The van der Waals surface area contributed by atoms with Gasteiger partial charge in [-0.25, -0.2) is 4.79 Å². The highest BCUT2D eigenvalue weighted by molar-refractivity contribution is 7.12. The van der Waals surface area contributed by atoms with E-state index in [1.807, 2.05) is 11.4 Å². The van der Waals surface area contributed by atoms with Gasteiger partial charge in [-0.1, -0.05) is 0 Å². The highest BCUT2D eigenvalue weighted by Gasteiger charge is 2.40. The smallest absolute Gasteiger partial charge is 0.346 e. The molecule has 1 aromatic rings. The zero-order valence-electron chi connectivity index (χ0n) is 10.1. The van der Waals surface area contributed by atoms with E-state index in [2.05, 4.69) is 5.32 Å². The molecular formula is C13H17NO3S. The molecule has 2 fully saturated rings. The van der Waals surface area contributed by atoms with Gasteiger partial charge < -0.3 is 15.2 Å². The number of rotatable bonds is 5. The molecule has 18 heavy (non-hydrogen) atoms. The van der Waals surface area contributed by atoms with Gasteiger partial charge in [-0.15, -0.1) is 11.3 Å². The summed E-state index contributed by atoms with van der Waals surface area (Å²) in [7, 11) is 0. The zero-order valence-corrected chi connectivity index (χ0v) is 10.9. The van der Waals surface area contributed by atoms with Crippen molar-refractivity contribution in [3.05, 3.63) is 21.9 Å². The number of nitrogens with one attached hydrogen (secondary N) is 1. The van der Waals surface area contributed by atoms with Crippen LogP contribution in [0.3, 0.4) is 0 Å². The predicted octanol–water partition coefficient (Wildman–Crippen LogP) is 2.10. The Morgan fingerprint density at radius 1 is 1.50 bits per heavy atom. The number of ether oxygens (including phenoxy) is 1. The van der Waals surface area contributed by atoms with E-state index in [-0.39, 0.29) is 0 Å². The van der Waals surface area contributed by atoms with Crippen molar-refractivity contribution in [2.75, 3.05) is 6.61 Å². The molecule has 0 amide bonds. The Morgan fingerprint density at radius 2 is 2.33 bits per heavy atom. The molecule has 1 aromatic heterocycles. The summed E-state index contributed by atoms with van der Waals surface area (Å²) in [5.41, 5.74) is 0.883. The number of carbonyl (C=O) groups is 1. The van der Waals surface area contributed by atoms with Gasteiger partial charge in [-0.2, -0.15) is 0 Å². The lowest BCUT2D eigenvalue weighted by Crippen LogP contribution is -2.37. The molecule has 1 saturated heterocycles. The maximum Gasteiger partial charge on any atom is 0.346 e. The molecule has 0 spiro atoms. The van der Waals surface area contributed by atoms with E-state index in [1.54, 1.807) is 0 Å². The summed E-state index contributed by atoms with van der Waals surface area (Å²) in [6.07, 6.45) is 3.94. The highest BCUT2D eigenvalue weighted by Crippen LogP contribution is 2.38. The minimum Gasteiger partial charge on any atom is -0.477 e. The fraction of sp³-hybridized carbons (Fsp3) is 0.615. The molecule has 0 aromatic carbocycles. The molecule has 98 valence electrons. The first kappa shape index (κ1) is 12.1. The van der Waals surface area contributed by atoms with Gasteiger partial charge in [0.25, 0.3) is 0 Å². The minimum atomic E-state index is -0.830. The van der Waals surface area contributed by atoms with Gasteiger partial charge >= 0.3 is 5.97 Å². The summed E-state index contributed by atoms with van der Waals surface area (Å²) >= 11 is 1.29. The number of thiophene rings is 1. The Bertz CT molecular complexity index is 441. The van der Waals surface area contributed by atoms with Gasteiger partial charge in [0.05, 0.1) is 6.10 Å². The molecule has 5 heteroatoms. The maximum atomic E-state index is 11.0. The van der Waals surface area contributed by atoms with Crippen molar-refractivity contribution in [3.8, 4) is 0 Å². The van der Waals surface area contributed by atoms with Gasteiger partial charge in [-0.05, 0) is 42.2 Å². The molecule has 2 N–H and O–H groups in total. The van der Waals surface area contributed by atoms with E-state index in [4.69, 9.17) is 9.84 Å². The van der Waals surface area contributed by atoms with Crippen LogP contribution in [0.4, 0.5) is 0 Å². The van der Waals surface area contributed by atoms with Crippen molar-refractivity contribution in [1.29, 1.82) is 0 Å². The van der Waals surface area contributed by atoms with Crippen LogP contribution in [0.15, 0.2) is 11.4 Å². The normalized spacial score (nSPS) is 27.6. The van der Waals surface area contributed by atoms with Gasteiger partial charge in [0.1, 0.15) is 4.88 Å². The highest BCUT2D eigenvalue weighted by atomic mass is 32.1. The van der Waals surface area contributed by atoms with E-state index in [0.29, 0.717) is 23.6 Å². The van der Waals surface area contributed by atoms with Crippen LogP contribution in [-0.2, 0) is 11.3 Å². The van der Waals surface area contributed by atoms with Crippen LogP contribution in [0.5, 0.6) is 0 Å². The second kappa shape index (κ2) is 4.99. The first-order valence-electron chi connectivity index (χ1n) is 6.40. The molecule has 2 atom stereocenters. The van der Waals surface area contributed by atoms with E-state index >= 15 is 0 Å². The van der Waals surface area contributed by atoms with Crippen molar-refractivity contribution < 1.29 is 14.6 Å². The number of carboxylic acids is 1. The fourth-order valence-corrected chi connectivity index (χ4v) is 3.38. The fourth-order valence-electron chi connectivity index (χ4n) is 2.62. The molecule has 3 rings (SSSR count). The maximum absolute atomic E-state index is 11.0. The predicted molar refractivity (Wildman–Crippen MR) is 69.0 cm³/mol. The van der Waals surface area contributed by atoms with Crippen molar-refractivity contribution in [2.24, 2.45) is 5.92 Å². The van der Waals surface area contributed by atoms with Crippen LogP contribution in [0.2, 0.25) is 0 Å². The molecule has 2 aliphatic rings. The summed E-state index contributed by atoms with van der Waals surface area (Å²) < 4.78 is 5.76. The van der Waals surface area contributed by atoms with E-state index in [9.17, 15) is 4.79 Å². The monoisotopic (exact) mass is 267 g/mol. The largest absolute Gasteiger partial charge is 0.477 e. The van der Waals surface area contributed by atoms with Crippen LogP contribution < -0.4 is 5.32 Å². The van der Waals surface area contributed by atoms with Crippen LogP contribution in [0.1, 0.15) is 34.5 Å². The van der Waals surface area contributed by atoms with Gasteiger partial charge in [0.2, 0.25) is 0 Å². The molecule has 1 aliphatic heterocycles. The summed E-state index contributed by atoms with van der Waals surface area (Å²) in [5.74, 6) is -0.102. The van der Waals surface area contributed by atoms with Crippen molar-refractivity contribution in [2.45, 2.75) is 38.0 Å². The Kier molecular flexibility index (Phi) is 3.37. The average molecular weight is 267 g/mol. The lowest BCUT2D eigenvalue weighted by molar-refractivity contribution is 0.0700. The van der Waals surface area contributed by atoms with E-state index < -0.39 is 5.97 Å². The first-order chi connectivity index (χ1) is 8.75. The zero-order chi connectivity index (χ0) is 12.5. The van der Waals surface area contributed by atoms with E-state index in [1.165, 1.54) is 24.2 Å². The average Bonchev–Trinajstić information content (AvgIpc) is 2.92. The molecule has 0 radical (unpaired) electrons. The van der Waals surface area contributed by atoms with Crippen LogP contribution in [0, 0.1) is 5.92 Å². The second-order valence-corrected chi connectivity index (χ2v) is 5.95. The van der Waals surface area contributed by atoms with Crippen molar-refractivity contribution in [3.63, 3.8) is 0 Å². The van der Waals surface area contributed by atoms with Crippen LogP contribution in [0.25, 0.3) is 0 Å². The standard InChI is InChI=1S/C13H17NO3S/c15-13(16)12-9(4-6-18-12)7-14-10-3-5-17-11(10)8-1-2-8/h4,6,8,10-11,14H,1-3,5,7H2,(H,15,16). The summed E-state index contributed by atoms with van der Waals surface area (Å²) in [6.45, 7) is 1.45. The Balaban J connectivity index is 1.60.